The number of alkyl halides is 5. The average Bonchev–Trinajstić information content (AvgIpc) is 2.75. The maximum absolute atomic E-state index is 12.9. The van der Waals surface area contributed by atoms with Gasteiger partial charge in [0.15, 0.2) is 0 Å². The molecule has 0 aromatic heterocycles. The van der Waals surface area contributed by atoms with E-state index in [4.69, 9.17) is 16.3 Å². The molecule has 1 aliphatic rings. The summed E-state index contributed by atoms with van der Waals surface area (Å²) >= 11 is 5.74. The van der Waals surface area contributed by atoms with Gasteiger partial charge in [-0.1, -0.05) is 11.6 Å². The Bertz CT molecular complexity index is 554. The van der Waals surface area contributed by atoms with Crippen molar-refractivity contribution >= 4 is 17.4 Å². The van der Waals surface area contributed by atoms with Gasteiger partial charge in [0.25, 0.3) is 0 Å². The molecule has 2 rings (SSSR count). The Morgan fingerprint density at radius 3 is 2.50 bits per heavy atom. The van der Waals surface area contributed by atoms with Gasteiger partial charge >= 0.3 is 12.1 Å². The summed E-state index contributed by atoms with van der Waals surface area (Å²) in [6, 6.07) is 2.69. The molecule has 1 aromatic carbocycles. The fourth-order valence-electron chi connectivity index (χ4n) is 1.92. The van der Waals surface area contributed by atoms with Gasteiger partial charge in [-0.25, -0.2) is 0 Å². The lowest BCUT2D eigenvalue weighted by atomic mass is 10.0. The lowest BCUT2D eigenvalue weighted by Crippen LogP contribution is -2.44. The lowest BCUT2D eigenvalue weighted by Gasteiger charge is -2.18. The van der Waals surface area contributed by atoms with Crippen LogP contribution < -0.4 is 4.74 Å². The smallest absolute Gasteiger partial charge is 0.461 e. The van der Waals surface area contributed by atoms with E-state index in [0.717, 1.165) is 6.07 Å². The predicted molar refractivity (Wildman–Crippen MR) is 60.4 cm³/mol. The first-order valence-corrected chi connectivity index (χ1v) is 5.92. The van der Waals surface area contributed by atoms with Crippen LogP contribution in [0.1, 0.15) is 11.1 Å². The first-order valence-electron chi connectivity index (χ1n) is 5.55. The third-order valence-corrected chi connectivity index (χ3v) is 3.10. The molecule has 0 saturated carbocycles. The number of hydrogen-bond acceptors (Lipinski definition) is 2. The molecule has 1 heterocycles. The molecular formula is C12H8ClF5O2. The standard InChI is InChI=1S/C12H8ClF5O2/c13-8-3-6-1-2-20-10(6)7(4-8)5-9(19)11(14,15)12(16,17)18/h3-4H,1-2,5H2. The summed E-state index contributed by atoms with van der Waals surface area (Å²) in [7, 11) is 0. The van der Waals surface area contributed by atoms with Gasteiger partial charge in [0.05, 0.1) is 6.61 Å². The molecular weight excluding hydrogens is 307 g/mol. The number of carbonyl (C=O) groups excluding carboxylic acids is 1. The van der Waals surface area contributed by atoms with E-state index in [1.165, 1.54) is 6.07 Å². The van der Waals surface area contributed by atoms with Crippen LogP contribution in [0, 0.1) is 0 Å². The summed E-state index contributed by atoms with van der Waals surface area (Å²) in [6.45, 7) is 0.270. The number of ketones is 1. The fourth-order valence-corrected chi connectivity index (χ4v) is 2.18. The van der Waals surface area contributed by atoms with Crippen molar-refractivity contribution in [2.24, 2.45) is 0 Å². The van der Waals surface area contributed by atoms with Crippen molar-refractivity contribution in [3.05, 3.63) is 28.3 Å². The first-order chi connectivity index (χ1) is 9.13. The molecule has 0 amide bonds. The molecule has 1 aliphatic heterocycles. The minimum atomic E-state index is -5.91. The number of halogens is 6. The van der Waals surface area contributed by atoms with Crippen LogP contribution in [0.3, 0.4) is 0 Å². The van der Waals surface area contributed by atoms with E-state index in [2.05, 4.69) is 0 Å². The second kappa shape index (κ2) is 4.87. The number of ether oxygens (including phenoxy) is 1. The number of benzene rings is 1. The van der Waals surface area contributed by atoms with Crippen LogP contribution >= 0.6 is 11.6 Å². The molecule has 0 fully saturated rings. The molecule has 0 spiro atoms. The Morgan fingerprint density at radius 1 is 1.25 bits per heavy atom. The van der Waals surface area contributed by atoms with Gasteiger partial charge < -0.3 is 4.74 Å². The molecule has 0 bridgehead atoms. The minimum Gasteiger partial charge on any atom is -0.493 e. The zero-order chi connectivity index (χ0) is 15.1. The SMILES string of the molecule is O=C(Cc1cc(Cl)cc2c1OCC2)C(F)(F)C(F)(F)F. The van der Waals surface area contributed by atoms with Gasteiger partial charge in [-0.2, -0.15) is 22.0 Å². The van der Waals surface area contributed by atoms with E-state index in [1.54, 1.807) is 0 Å². The lowest BCUT2D eigenvalue weighted by molar-refractivity contribution is -0.268. The molecule has 20 heavy (non-hydrogen) atoms. The van der Waals surface area contributed by atoms with E-state index in [0.29, 0.717) is 12.0 Å². The van der Waals surface area contributed by atoms with Crippen molar-refractivity contribution in [1.29, 1.82) is 0 Å². The van der Waals surface area contributed by atoms with Gasteiger partial charge in [-0.3, -0.25) is 4.79 Å². The van der Waals surface area contributed by atoms with E-state index < -0.39 is 24.3 Å². The minimum absolute atomic E-state index is 0.0566. The van der Waals surface area contributed by atoms with Crippen LogP contribution in [0.25, 0.3) is 0 Å². The summed E-state index contributed by atoms with van der Waals surface area (Å²) in [4.78, 5) is 11.2. The highest BCUT2D eigenvalue weighted by Gasteiger charge is 2.62. The molecule has 110 valence electrons. The van der Waals surface area contributed by atoms with Gasteiger partial charge in [0.2, 0.25) is 5.78 Å². The van der Waals surface area contributed by atoms with Crippen LogP contribution in [0.4, 0.5) is 22.0 Å². The maximum Gasteiger partial charge on any atom is 0.461 e. The molecule has 0 N–H and O–H groups in total. The number of rotatable bonds is 3. The van der Waals surface area contributed by atoms with Crippen molar-refractivity contribution in [2.45, 2.75) is 24.9 Å². The van der Waals surface area contributed by atoms with Gasteiger partial charge in [0.1, 0.15) is 5.75 Å². The Morgan fingerprint density at radius 2 is 1.90 bits per heavy atom. The highest BCUT2D eigenvalue weighted by Crippen LogP contribution is 2.39. The van der Waals surface area contributed by atoms with Gasteiger partial charge in [-0.15, -0.1) is 0 Å². The second-order valence-corrected chi connectivity index (χ2v) is 4.76. The Labute approximate surface area is 115 Å². The highest BCUT2D eigenvalue weighted by molar-refractivity contribution is 6.30. The quantitative estimate of drug-likeness (QED) is 0.797. The molecule has 8 heteroatoms. The summed E-state index contributed by atoms with van der Waals surface area (Å²) in [5.74, 6) is -7.45. The summed E-state index contributed by atoms with van der Waals surface area (Å²) < 4.78 is 67.3. The molecule has 0 saturated heterocycles. The topological polar surface area (TPSA) is 26.3 Å². The zero-order valence-corrected chi connectivity index (χ0v) is 10.6. The Balaban J connectivity index is 2.30. The third-order valence-electron chi connectivity index (χ3n) is 2.88. The largest absolute Gasteiger partial charge is 0.493 e. The third kappa shape index (κ3) is 2.59. The van der Waals surface area contributed by atoms with Crippen molar-refractivity contribution in [1.82, 2.24) is 0 Å². The number of hydrogen-bond donors (Lipinski definition) is 0. The van der Waals surface area contributed by atoms with E-state index >= 15 is 0 Å². The summed E-state index contributed by atoms with van der Waals surface area (Å²) in [6.07, 6.45) is -6.53. The summed E-state index contributed by atoms with van der Waals surface area (Å²) in [5, 5.41) is 0.160. The first kappa shape index (κ1) is 15.0. The Kier molecular flexibility index (Phi) is 3.66. The molecule has 2 nitrogen and oxygen atoms in total. The van der Waals surface area contributed by atoms with Crippen molar-refractivity contribution < 1.29 is 31.5 Å². The van der Waals surface area contributed by atoms with Gasteiger partial charge in [-0.05, 0) is 17.7 Å². The van der Waals surface area contributed by atoms with E-state index in [-0.39, 0.29) is 22.9 Å². The molecule has 1 aromatic rings. The Hall–Kier alpha value is -1.37. The van der Waals surface area contributed by atoms with Crippen molar-refractivity contribution in [2.75, 3.05) is 6.61 Å². The van der Waals surface area contributed by atoms with Crippen molar-refractivity contribution in [3.8, 4) is 5.75 Å². The van der Waals surface area contributed by atoms with Gasteiger partial charge in [0, 0.05) is 23.4 Å². The molecule has 0 radical (unpaired) electrons. The average molecular weight is 315 g/mol. The van der Waals surface area contributed by atoms with Crippen LogP contribution in [-0.2, 0) is 17.6 Å². The fraction of sp³-hybridized carbons (Fsp3) is 0.417. The molecule has 0 unspecified atom stereocenters. The maximum atomic E-state index is 12.9. The van der Waals surface area contributed by atoms with Crippen LogP contribution in [0.2, 0.25) is 5.02 Å². The monoisotopic (exact) mass is 314 g/mol. The normalized spacial score (nSPS) is 14.9. The van der Waals surface area contributed by atoms with Crippen LogP contribution in [-0.4, -0.2) is 24.5 Å². The zero-order valence-electron chi connectivity index (χ0n) is 9.86. The molecule has 0 aliphatic carbocycles. The second-order valence-electron chi connectivity index (χ2n) is 4.32. The summed E-state index contributed by atoms with van der Waals surface area (Å²) in [5.41, 5.74) is 0.537. The number of fused-ring (bicyclic) bond motifs is 1. The van der Waals surface area contributed by atoms with E-state index in [9.17, 15) is 26.7 Å². The molecule has 0 atom stereocenters. The van der Waals surface area contributed by atoms with Crippen LogP contribution in [0.5, 0.6) is 5.75 Å². The highest BCUT2D eigenvalue weighted by atomic mass is 35.5. The van der Waals surface area contributed by atoms with Crippen molar-refractivity contribution in [3.63, 3.8) is 0 Å². The number of Topliss-reactive ketones (excluding diaryl/α,β-unsaturated/α-hetero) is 1. The van der Waals surface area contributed by atoms with E-state index in [1.807, 2.05) is 0 Å². The number of carbonyl (C=O) groups is 1. The van der Waals surface area contributed by atoms with Crippen LogP contribution in [0.15, 0.2) is 12.1 Å². The predicted octanol–water partition coefficient (Wildman–Crippen LogP) is 3.58.